The Bertz CT molecular complexity index is 560. The first-order valence-corrected chi connectivity index (χ1v) is 6.51. The van der Waals surface area contributed by atoms with Gasteiger partial charge in [-0.1, -0.05) is 22.9 Å². The molecule has 0 radical (unpaired) electrons. The highest BCUT2D eigenvalue weighted by molar-refractivity contribution is 6.31. The third-order valence-electron chi connectivity index (χ3n) is 3.17. The van der Waals surface area contributed by atoms with Crippen molar-refractivity contribution in [2.24, 2.45) is 0 Å². The molecule has 0 atom stereocenters. The third kappa shape index (κ3) is 2.40. The molecule has 4 nitrogen and oxygen atoms in total. The van der Waals surface area contributed by atoms with E-state index in [9.17, 15) is 0 Å². The first kappa shape index (κ1) is 11.7. The standard InChI is InChI=1S/C13H15ClN4/c1-9-2-5-11(6-13(9)14)18-12(8-16-17-18)7-15-10-3-4-10/h2,5-6,8,10,15H,3-4,7H2,1H3. The lowest BCUT2D eigenvalue weighted by Gasteiger charge is -2.08. The first-order valence-electron chi connectivity index (χ1n) is 6.13. The smallest absolute Gasteiger partial charge is 0.0783 e. The normalized spacial score (nSPS) is 15.0. The summed E-state index contributed by atoms with van der Waals surface area (Å²) in [5, 5.41) is 12.3. The average molecular weight is 263 g/mol. The highest BCUT2D eigenvalue weighted by Crippen LogP contribution is 2.21. The molecule has 3 rings (SSSR count). The summed E-state index contributed by atoms with van der Waals surface area (Å²) in [6.07, 6.45) is 4.35. The SMILES string of the molecule is Cc1ccc(-n2nncc2CNC2CC2)cc1Cl. The summed E-state index contributed by atoms with van der Waals surface area (Å²) in [4.78, 5) is 0. The molecule has 1 aliphatic rings. The monoisotopic (exact) mass is 262 g/mol. The van der Waals surface area contributed by atoms with Gasteiger partial charge in [0, 0.05) is 17.6 Å². The summed E-state index contributed by atoms with van der Waals surface area (Å²) in [7, 11) is 0. The minimum absolute atomic E-state index is 0.676. The molecule has 1 N–H and O–H groups in total. The van der Waals surface area contributed by atoms with Crippen LogP contribution in [0.15, 0.2) is 24.4 Å². The number of halogens is 1. The van der Waals surface area contributed by atoms with Gasteiger partial charge in [0.15, 0.2) is 0 Å². The van der Waals surface area contributed by atoms with Crippen molar-refractivity contribution in [1.82, 2.24) is 20.3 Å². The molecule has 1 saturated carbocycles. The van der Waals surface area contributed by atoms with E-state index >= 15 is 0 Å². The van der Waals surface area contributed by atoms with E-state index in [1.807, 2.05) is 29.8 Å². The molecule has 18 heavy (non-hydrogen) atoms. The summed E-state index contributed by atoms with van der Waals surface area (Å²) in [5.41, 5.74) is 3.08. The summed E-state index contributed by atoms with van der Waals surface area (Å²) in [6, 6.07) is 6.61. The van der Waals surface area contributed by atoms with Crippen molar-refractivity contribution in [1.29, 1.82) is 0 Å². The average Bonchev–Trinajstić information content (AvgIpc) is 3.08. The van der Waals surface area contributed by atoms with Crippen LogP contribution in [0, 0.1) is 6.92 Å². The Morgan fingerprint density at radius 1 is 1.44 bits per heavy atom. The lowest BCUT2D eigenvalue weighted by molar-refractivity contribution is 0.647. The Balaban J connectivity index is 1.85. The van der Waals surface area contributed by atoms with Crippen molar-refractivity contribution in [2.75, 3.05) is 0 Å². The van der Waals surface area contributed by atoms with Gasteiger partial charge < -0.3 is 5.32 Å². The Hall–Kier alpha value is -1.39. The zero-order valence-corrected chi connectivity index (χ0v) is 11.0. The maximum absolute atomic E-state index is 6.14. The van der Waals surface area contributed by atoms with Crippen LogP contribution >= 0.6 is 11.6 Å². The van der Waals surface area contributed by atoms with E-state index in [0.717, 1.165) is 28.5 Å². The number of nitrogens with zero attached hydrogens (tertiary/aromatic N) is 3. The van der Waals surface area contributed by atoms with Crippen LogP contribution in [-0.4, -0.2) is 21.0 Å². The fourth-order valence-corrected chi connectivity index (χ4v) is 2.02. The molecular formula is C13H15ClN4. The minimum atomic E-state index is 0.676. The van der Waals surface area contributed by atoms with Crippen molar-refractivity contribution in [2.45, 2.75) is 32.4 Å². The van der Waals surface area contributed by atoms with E-state index in [4.69, 9.17) is 11.6 Å². The Morgan fingerprint density at radius 3 is 3.00 bits per heavy atom. The molecule has 94 valence electrons. The molecule has 2 aromatic rings. The number of aromatic nitrogens is 3. The van der Waals surface area contributed by atoms with Gasteiger partial charge in [0.2, 0.25) is 0 Å². The molecule has 1 fully saturated rings. The van der Waals surface area contributed by atoms with Gasteiger partial charge in [-0.25, -0.2) is 4.68 Å². The number of hydrogen-bond donors (Lipinski definition) is 1. The Kier molecular flexibility index (Phi) is 3.06. The molecule has 1 aromatic heterocycles. The van der Waals surface area contributed by atoms with Gasteiger partial charge in [0.05, 0.1) is 17.6 Å². The van der Waals surface area contributed by atoms with Gasteiger partial charge in [-0.2, -0.15) is 0 Å². The molecule has 5 heteroatoms. The second-order valence-electron chi connectivity index (χ2n) is 4.73. The van der Waals surface area contributed by atoms with Crippen LogP contribution in [0.3, 0.4) is 0 Å². The molecule has 0 amide bonds. The van der Waals surface area contributed by atoms with Crippen molar-refractivity contribution in [3.05, 3.63) is 40.7 Å². The van der Waals surface area contributed by atoms with Gasteiger partial charge in [-0.15, -0.1) is 5.10 Å². The largest absolute Gasteiger partial charge is 0.308 e. The van der Waals surface area contributed by atoms with E-state index in [2.05, 4.69) is 15.6 Å². The van der Waals surface area contributed by atoms with E-state index in [1.165, 1.54) is 12.8 Å². The van der Waals surface area contributed by atoms with Crippen LogP contribution in [0.2, 0.25) is 5.02 Å². The highest BCUT2D eigenvalue weighted by atomic mass is 35.5. The van der Waals surface area contributed by atoms with Crippen molar-refractivity contribution in [3.8, 4) is 5.69 Å². The van der Waals surface area contributed by atoms with Crippen molar-refractivity contribution < 1.29 is 0 Å². The molecule has 0 spiro atoms. The molecule has 0 bridgehead atoms. The number of aryl methyl sites for hydroxylation is 1. The van der Waals surface area contributed by atoms with Crippen molar-refractivity contribution in [3.63, 3.8) is 0 Å². The fourth-order valence-electron chi connectivity index (χ4n) is 1.84. The van der Waals surface area contributed by atoms with E-state index in [1.54, 1.807) is 6.20 Å². The summed E-state index contributed by atoms with van der Waals surface area (Å²) >= 11 is 6.14. The lowest BCUT2D eigenvalue weighted by Crippen LogP contribution is -2.18. The number of hydrogen-bond acceptors (Lipinski definition) is 3. The van der Waals surface area contributed by atoms with Crippen LogP contribution in [0.4, 0.5) is 0 Å². The second kappa shape index (κ2) is 4.71. The summed E-state index contributed by atoms with van der Waals surface area (Å²) in [6.45, 7) is 2.78. The fraction of sp³-hybridized carbons (Fsp3) is 0.385. The van der Waals surface area contributed by atoms with Crippen LogP contribution in [0.5, 0.6) is 0 Å². The number of rotatable bonds is 4. The first-order chi connectivity index (χ1) is 8.74. The number of nitrogens with one attached hydrogen (secondary N) is 1. The van der Waals surface area contributed by atoms with E-state index < -0.39 is 0 Å². The summed E-state index contributed by atoms with van der Waals surface area (Å²) < 4.78 is 1.83. The lowest BCUT2D eigenvalue weighted by atomic mass is 10.2. The summed E-state index contributed by atoms with van der Waals surface area (Å²) in [5.74, 6) is 0. The van der Waals surface area contributed by atoms with Crippen LogP contribution in [0.1, 0.15) is 24.1 Å². The zero-order chi connectivity index (χ0) is 12.5. The molecule has 0 aliphatic heterocycles. The van der Waals surface area contributed by atoms with Gasteiger partial charge in [0.1, 0.15) is 0 Å². The maximum Gasteiger partial charge on any atom is 0.0783 e. The molecule has 1 heterocycles. The van der Waals surface area contributed by atoms with Crippen LogP contribution < -0.4 is 5.32 Å². The van der Waals surface area contributed by atoms with E-state index in [-0.39, 0.29) is 0 Å². The maximum atomic E-state index is 6.14. The van der Waals surface area contributed by atoms with E-state index in [0.29, 0.717) is 6.04 Å². The van der Waals surface area contributed by atoms with Gasteiger partial charge in [0.25, 0.3) is 0 Å². The quantitative estimate of drug-likeness (QED) is 0.921. The third-order valence-corrected chi connectivity index (χ3v) is 3.58. The Morgan fingerprint density at radius 2 is 2.28 bits per heavy atom. The molecule has 0 unspecified atom stereocenters. The minimum Gasteiger partial charge on any atom is -0.308 e. The van der Waals surface area contributed by atoms with Crippen LogP contribution in [-0.2, 0) is 6.54 Å². The van der Waals surface area contributed by atoms with Crippen LogP contribution in [0.25, 0.3) is 5.69 Å². The highest BCUT2D eigenvalue weighted by Gasteiger charge is 2.21. The second-order valence-corrected chi connectivity index (χ2v) is 5.13. The molecule has 0 saturated heterocycles. The molecule has 1 aromatic carbocycles. The molecular weight excluding hydrogens is 248 g/mol. The van der Waals surface area contributed by atoms with Gasteiger partial charge in [-0.3, -0.25) is 0 Å². The predicted octanol–water partition coefficient (Wildman–Crippen LogP) is 2.48. The zero-order valence-electron chi connectivity index (χ0n) is 10.2. The van der Waals surface area contributed by atoms with Crippen molar-refractivity contribution >= 4 is 11.6 Å². The topological polar surface area (TPSA) is 42.7 Å². The molecule has 1 aliphatic carbocycles. The predicted molar refractivity (Wildman–Crippen MR) is 71.0 cm³/mol. The Labute approximate surface area is 111 Å². The number of benzene rings is 1. The van der Waals surface area contributed by atoms with Gasteiger partial charge in [-0.05, 0) is 37.5 Å². The van der Waals surface area contributed by atoms with Gasteiger partial charge >= 0.3 is 0 Å².